The van der Waals surface area contributed by atoms with Crippen LogP contribution in [-0.2, 0) is 6.54 Å². The molecule has 0 saturated heterocycles. The van der Waals surface area contributed by atoms with Gasteiger partial charge in [-0.25, -0.2) is 9.97 Å². The summed E-state index contributed by atoms with van der Waals surface area (Å²) < 4.78 is 6.31. The standard InChI is InChI=1S/C14H12N4O4S/c1-8-12(13(21)16-7-10-15-3-5-22-10)23-14(17-8)18-4-2-9(19)6-11(18)20/h2-6,19H,7H2,1H3,(H,16,21). The van der Waals surface area contributed by atoms with E-state index in [9.17, 15) is 14.7 Å². The Labute approximate surface area is 134 Å². The third-order valence-corrected chi connectivity index (χ3v) is 4.14. The van der Waals surface area contributed by atoms with Gasteiger partial charge in [0.25, 0.3) is 11.5 Å². The van der Waals surface area contributed by atoms with E-state index in [4.69, 9.17) is 4.42 Å². The van der Waals surface area contributed by atoms with Crippen molar-refractivity contribution in [2.75, 3.05) is 0 Å². The normalized spacial score (nSPS) is 10.7. The summed E-state index contributed by atoms with van der Waals surface area (Å²) in [5.41, 5.74) is 0.0837. The van der Waals surface area contributed by atoms with Crippen LogP contribution in [-0.4, -0.2) is 25.5 Å². The number of aromatic hydroxyl groups is 1. The average Bonchev–Trinajstić information content (AvgIpc) is 3.14. The molecule has 3 aromatic heterocycles. The number of rotatable bonds is 4. The number of hydrogen-bond donors (Lipinski definition) is 2. The molecule has 0 radical (unpaired) electrons. The largest absolute Gasteiger partial charge is 0.508 e. The zero-order chi connectivity index (χ0) is 16.4. The maximum atomic E-state index is 12.2. The molecule has 0 unspecified atom stereocenters. The minimum Gasteiger partial charge on any atom is -0.508 e. The fraction of sp³-hybridized carbons (Fsp3) is 0.143. The molecule has 3 heterocycles. The molecule has 0 aliphatic rings. The van der Waals surface area contributed by atoms with Crippen LogP contribution >= 0.6 is 11.3 Å². The molecular formula is C14H12N4O4S. The Kier molecular flexibility index (Phi) is 3.94. The smallest absolute Gasteiger partial charge is 0.263 e. The lowest BCUT2D eigenvalue weighted by Crippen LogP contribution is -2.22. The van der Waals surface area contributed by atoms with Crippen LogP contribution in [0.25, 0.3) is 5.13 Å². The van der Waals surface area contributed by atoms with Gasteiger partial charge in [-0.05, 0) is 13.0 Å². The number of nitrogens with zero attached hydrogens (tertiary/aromatic N) is 3. The van der Waals surface area contributed by atoms with Crippen LogP contribution in [0.4, 0.5) is 0 Å². The number of aromatic nitrogens is 3. The van der Waals surface area contributed by atoms with E-state index < -0.39 is 5.56 Å². The summed E-state index contributed by atoms with van der Waals surface area (Å²) in [6.45, 7) is 1.85. The van der Waals surface area contributed by atoms with Crippen LogP contribution in [0.3, 0.4) is 0 Å². The Hall–Kier alpha value is -2.94. The predicted molar refractivity (Wildman–Crippen MR) is 81.8 cm³/mol. The molecule has 0 atom stereocenters. The summed E-state index contributed by atoms with van der Waals surface area (Å²) in [4.78, 5) is 32.6. The molecule has 0 saturated carbocycles. The second kappa shape index (κ2) is 6.05. The van der Waals surface area contributed by atoms with Crippen molar-refractivity contribution in [2.24, 2.45) is 0 Å². The van der Waals surface area contributed by atoms with Crippen LogP contribution in [0, 0.1) is 6.92 Å². The highest BCUT2D eigenvalue weighted by molar-refractivity contribution is 7.16. The lowest BCUT2D eigenvalue weighted by atomic mass is 10.4. The van der Waals surface area contributed by atoms with Crippen molar-refractivity contribution in [3.8, 4) is 10.9 Å². The van der Waals surface area contributed by atoms with Gasteiger partial charge in [0, 0.05) is 12.3 Å². The minimum atomic E-state index is -0.425. The number of amides is 1. The van der Waals surface area contributed by atoms with Crippen molar-refractivity contribution in [1.29, 1.82) is 0 Å². The molecule has 9 heteroatoms. The van der Waals surface area contributed by atoms with E-state index in [0.29, 0.717) is 21.6 Å². The number of aryl methyl sites for hydroxylation is 1. The van der Waals surface area contributed by atoms with Gasteiger partial charge in [0.2, 0.25) is 5.89 Å². The topological polar surface area (TPSA) is 110 Å². The molecule has 3 aromatic rings. The number of thiazole rings is 1. The van der Waals surface area contributed by atoms with Crippen LogP contribution < -0.4 is 10.9 Å². The number of oxazole rings is 1. The summed E-state index contributed by atoms with van der Waals surface area (Å²) in [6.07, 6.45) is 4.33. The maximum absolute atomic E-state index is 12.2. The summed E-state index contributed by atoms with van der Waals surface area (Å²) >= 11 is 1.09. The van der Waals surface area contributed by atoms with E-state index in [2.05, 4.69) is 15.3 Å². The molecule has 2 N–H and O–H groups in total. The van der Waals surface area contributed by atoms with Gasteiger partial charge in [0.15, 0.2) is 5.13 Å². The molecule has 0 fully saturated rings. The highest BCUT2D eigenvalue weighted by atomic mass is 32.1. The Morgan fingerprint density at radius 2 is 2.35 bits per heavy atom. The van der Waals surface area contributed by atoms with Gasteiger partial charge < -0.3 is 14.8 Å². The third-order valence-electron chi connectivity index (χ3n) is 2.98. The Morgan fingerprint density at radius 3 is 3.04 bits per heavy atom. The van der Waals surface area contributed by atoms with Crippen molar-refractivity contribution >= 4 is 17.2 Å². The molecule has 1 amide bonds. The van der Waals surface area contributed by atoms with Gasteiger partial charge in [0.1, 0.15) is 16.9 Å². The Bertz CT molecular complexity index is 898. The molecule has 0 aromatic carbocycles. The van der Waals surface area contributed by atoms with Crippen molar-refractivity contribution in [3.63, 3.8) is 0 Å². The van der Waals surface area contributed by atoms with Gasteiger partial charge in [-0.1, -0.05) is 11.3 Å². The molecule has 8 nitrogen and oxygen atoms in total. The zero-order valence-corrected chi connectivity index (χ0v) is 12.8. The molecule has 3 rings (SSSR count). The van der Waals surface area contributed by atoms with E-state index in [1.54, 1.807) is 6.92 Å². The van der Waals surface area contributed by atoms with E-state index >= 15 is 0 Å². The van der Waals surface area contributed by atoms with Crippen LogP contribution in [0.15, 0.2) is 40.0 Å². The number of carbonyl (C=O) groups excluding carboxylic acids is 1. The Balaban J connectivity index is 1.83. The number of carbonyl (C=O) groups is 1. The summed E-state index contributed by atoms with van der Waals surface area (Å²) in [6, 6.07) is 2.46. The minimum absolute atomic E-state index is 0.122. The van der Waals surface area contributed by atoms with Gasteiger partial charge in [0.05, 0.1) is 18.4 Å². The first kappa shape index (κ1) is 15.0. The fourth-order valence-electron chi connectivity index (χ4n) is 1.90. The molecule has 118 valence electrons. The number of pyridine rings is 1. The van der Waals surface area contributed by atoms with E-state index in [1.165, 1.54) is 29.3 Å². The average molecular weight is 332 g/mol. The van der Waals surface area contributed by atoms with Gasteiger partial charge in [-0.3, -0.25) is 14.2 Å². The SMILES string of the molecule is Cc1nc(-n2ccc(O)cc2=O)sc1C(=O)NCc1ncco1. The molecule has 23 heavy (non-hydrogen) atoms. The summed E-state index contributed by atoms with van der Waals surface area (Å²) in [5.74, 6) is -0.0461. The van der Waals surface area contributed by atoms with Crippen molar-refractivity contribution < 1.29 is 14.3 Å². The monoisotopic (exact) mass is 332 g/mol. The van der Waals surface area contributed by atoms with Gasteiger partial charge in [-0.2, -0.15) is 0 Å². The van der Waals surface area contributed by atoms with Gasteiger partial charge >= 0.3 is 0 Å². The number of hydrogen-bond acceptors (Lipinski definition) is 7. The van der Waals surface area contributed by atoms with E-state index in [-0.39, 0.29) is 18.2 Å². The zero-order valence-electron chi connectivity index (χ0n) is 12.0. The molecule has 0 aliphatic heterocycles. The maximum Gasteiger partial charge on any atom is 0.263 e. The van der Waals surface area contributed by atoms with Gasteiger partial charge in [-0.15, -0.1) is 0 Å². The van der Waals surface area contributed by atoms with Crippen molar-refractivity contribution in [2.45, 2.75) is 13.5 Å². The van der Waals surface area contributed by atoms with Crippen LogP contribution in [0.1, 0.15) is 21.3 Å². The van der Waals surface area contributed by atoms with E-state index in [1.807, 2.05) is 0 Å². The van der Waals surface area contributed by atoms with E-state index in [0.717, 1.165) is 17.4 Å². The van der Waals surface area contributed by atoms with Crippen LogP contribution in [0.5, 0.6) is 5.75 Å². The molecule has 0 aliphatic carbocycles. The quantitative estimate of drug-likeness (QED) is 0.743. The highest BCUT2D eigenvalue weighted by Crippen LogP contribution is 2.21. The second-order valence-corrected chi connectivity index (χ2v) is 5.59. The van der Waals surface area contributed by atoms with Crippen molar-refractivity contribution in [3.05, 3.63) is 57.6 Å². The number of nitrogens with one attached hydrogen (secondary N) is 1. The molecule has 0 bridgehead atoms. The summed E-state index contributed by atoms with van der Waals surface area (Å²) in [5, 5.41) is 12.3. The van der Waals surface area contributed by atoms with Crippen molar-refractivity contribution in [1.82, 2.24) is 19.9 Å². The third kappa shape index (κ3) is 3.14. The summed E-state index contributed by atoms with van der Waals surface area (Å²) in [7, 11) is 0. The predicted octanol–water partition coefficient (Wildman–Crippen LogP) is 1.23. The first-order chi connectivity index (χ1) is 11.0. The lowest BCUT2D eigenvalue weighted by Gasteiger charge is -2.00. The highest BCUT2D eigenvalue weighted by Gasteiger charge is 2.17. The second-order valence-electron chi connectivity index (χ2n) is 4.61. The lowest BCUT2D eigenvalue weighted by molar-refractivity contribution is 0.0950. The van der Waals surface area contributed by atoms with Crippen LogP contribution in [0.2, 0.25) is 0 Å². The first-order valence-corrected chi connectivity index (χ1v) is 7.42. The Morgan fingerprint density at radius 1 is 1.52 bits per heavy atom. The first-order valence-electron chi connectivity index (χ1n) is 6.60. The molecular weight excluding hydrogens is 320 g/mol. The fourth-order valence-corrected chi connectivity index (χ4v) is 2.87. The molecule has 0 spiro atoms.